The predicted molar refractivity (Wildman–Crippen MR) is 135 cm³/mol. The third-order valence-electron chi connectivity index (χ3n) is 6.56. The molecule has 186 valence electrons. The summed E-state index contributed by atoms with van der Waals surface area (Å²) in [7, 11) is 0.115. The Kier molecular flexibility index (Phi) is 7.37. The fourth-order valence-corrected chi connectivity index (χ4v) is 5.78. The van der Waals surface area contributed by atoms with Crippen molar-refractivity contribution in [1.29, 1.82) is 0 Å². The van der Waals surface area contributed by atoms with E-state index >= 15 is 0 Å². The molecule has 0 radical (unpaired) electrons. The summed E-state index contributed by atoms with van der Waals surface area (Å²) in [5.74, 6) is 0.268. The van der Waals surface area contributed by atoms with Gasteiger partial charge in [-0.05, 0) is 80.6 Å². The van der Waals surface area contributed by atoms with Crippen LogP contribution in [0.2, 0.25) is 0 Å². The summed E-state index contributed by atoms with van der Waals surface area (Å²) in [4.78, 5) is 19.4. The van der Waals surface area contributed by atoms with Crippen LogP contribution >= 0.6 is 0 Å². The first-order chi connectivity index (χ1) is 16.6. The SMILES string of the molecule is C[C@@H](NC(=O)[C@H]1CC[C@H](NS(=O)(=O)c2ccc3nc(N(C)C)ccc3c2)CC1)c1ccc(F)cc1. The van der Waals surface area contributed by atoms with Crippen molar-refractivity contribution >= 4 is 32.7 Å². The number of hydrogen-bond donors (Lipinski definition) is 2. The van der Waals surface area contributed by atoms with Crippen molar-refractivity contribution in [3.63, 3.8) is 0 Å². The number of carbonyl (C=O) groups is 1. The monoisotopic (exact) mass is 498 g/mol. The molecule has 1 fully saturated rings. The van der Waals surface area contributed by atoms with Crippen molar-refractivity contribution in [3.05, 3.63) is 66.0 Å². The van der Waals surface area contributed by atoms with Gasteiger partial charge in [0.05, 0.1) is 16.5 Å². The van der Waals surface area contributed by atoms with E-state index in [1.165, 1.54) is 12.1 Å². The third kappa shape index (κ3) is 5.97. The second-order valence-electron chi connectivity index (χ2n) is 9.37. The molecule has 0 unspecified atom stereocenters. The molecule has 2 aromatic carbocycles. The second-order valence-corrected chi connectivity index (χ2v) is 11.1. The minimum absolute atomic E-state index is 0.0535. The maximum absolute atomic E-state index is 13.1. The summed E-state index contributed by atoms with van der Waals surface area (Å²) in [6.45, 7) is 1.87. The lowest BCUT2D eigenvalue weighted by Crippen LogP contribution is -2.41. The molecule has 35 heavy (non-hydrogen) atoms. The van der Waals surface area contributed by atoms with Crippen molar-refractivity contribution in [2.24, 2.45) is 5.92 Å². The molecule has 1 aliphatic rings. The van der Waals surface area contributed by atoms with Crippen LogP contribution in [-0.2, 0) is 14.8 Å². The summed E-state index contributed by atoms with van der Waals surface area (Å²) in [6.07, 6.45) is 2.38. The number of halogens is 1. The summed E-state index contributed by atoms with van der Waals surface area (Å²) in [5, 5.41) is 3.75. The Morgan fingerprint density at radius 2 is 1.71 bits per heavy atom. The van der Waals surface area contributed by atoms with Crippen LogP contribution < -0.4 is 14.9 Å². The molecule has 1 amide bonds. The number of nitrogens with one attached hydrogen (secondary N) is 2. The van der Waals surface area contributed by atoms with Gasteiger partial charge in [0.2, 0.25) is 15.9 Å². The highest BCUT2D eigenvalue weighted by molar-refractivity contribution is 7.89. The van der Waals surface area contributed by atoms with Gasteiger partial charge in [-0.25, -0.2) is 22.5 Å². The Bertz CT molecular complexity index is 1300. The standard InChI is InChI=1S/C26H31FN4O3S/c1-17(18-4-9-21(27)10-5-18)28-26(32)19-6-11-22(12-7-19)30-35(33,34)23-13-14-24-20(16-23)8-15-25(29-24)31(2)3/h4-5,8-10,13-17,19,22,30H,6-7,11-12H2,1-3H3,(H,28,32)/t17-,19-,22-/m1/s1. The molecule has 3 aromatic rings. The minimum atomic E-state index is -3.69. The Hall–Kier alpha value is -3.04. The lowest BCUT2D eigenvalue weighted by Gasteiger charge is -2.29. The van der Waals surface area contributed by atoms with E-state index in [9.17, 15) is 17.6 Å². The molecule has 0 bridgehead atoms. The van der Waals surface area contributed by atoms with E-state index in [1.54, 1.807) is 30.3 Å². The van der Waals surface area contributed by atoms with Crippen molar-refractivity contribution in [3.8, 4) is 0 Å². The zero-order valence-electron chi connectivity index (χ0n) is 20.2. The molecule has 0 aliphatic heterocycles. The number of carbonyl (C=O) groups excluding carboxylic acids is 1. The van der Waals surface area contributed by atoms with Crippen LogP contribution in [0.1, 0.15) is 44.2 Å². The maximum atomic E-state index is 13.1. The van der Waals surface area contributed by atoms with Crippen LogP contribution in [0.3, 0.4) is 0 Å². The van der Waals surface area contributed by atoms with Crippen LogP contribution in [0.4, 0.5) is 10.2 Å². The number of anilines is 1. The van der Waals surface area contributed by atoms with Crippen LogP contribution in [0.25, 0.3) is 10.9 Å². The lowest BCUT2D eigenvalue weighted by atomic mass is 9.85. The predicted octanol–water partition coefficient (Wildman–Crippen LogP) is 4.15. The number of aromatic nitrogens is 1. The number of fused-ring (bicyclic) bond motifs is 1. The van der Waals surface area contributed by atoms with E-state index in [4.69, 9.17) is 0 Å². The highest BCUT2D eigenvalue weighted by atomic mass is 32.2. The number of sulfonamides is 1. The van der Waals surface area contributed by atoms with E-state index in [0.717, 1.165) is 22.3 Å². The number of rotatable bonds is 7. The third-order valence-corrected chi connectivity index (χ3v) is 8.08. The Morgan fingerprint density at radius 3 is 2.37 bits per heavy atom. The van der Waals surface area contributed by atoms with Gasteiger partial charge in [0.15, 0.2) is 0 Å². The number of nitrogens with zero attached hydrogens (tertiary/aromatic N) is 2. The van der Waals surface area contributed by atoms with E-state index in [-0.39, 0.29) is 34.6 Å². The molecule has 1 atom stereocenters. The number of hydrogen-bond acceptors (Lipinski definition) is 5. The number of benzene rings is 2. The summed E-state index contributed by atoms with van der Waals surface area (Å²) < 4.78 is 42.0. The normalized spacial score (nSPS) is 19.3. The van der Waals surface area contributed by atoms with Crippen LogP contribution in [0.5, 0.6) is 0 Å². The van der Waals surface area contributed by atoms with Crippen molar-refractivity contribution in [2.75, 3.05) is 19.0 Å². The van der Waals surface area contributed by atoms with Gasteiger partial charge in [-0.1, -0.05) is 12.1 Å². The molecule has 7 nitrogen and oxygen atoms in total. The van der Waals surface area contributed by atoms with Gasteiger partial charge in [0.1, 0.15) is 11.6 Å². The van der Waals surface area contributed by atoms with Gasteiger partial charge in [-0.2, -0.15) is 0 Å². The lowest BCUT2D eigenvalue weighted by molar-refractivity contribution is -0.126. The first-order valence-corrected chi connectivity index (χ1v) is 13.3. The van der Waals surface area contributed by atoms with Crippen LogP contribution in [0, 0.1) is 11.7 Å². The molecular weight excluding hydrogens is 467 g/mol. The van der Waals surface area contributed by atoms with Gasteiger partial charge in [0.25, 0.3) is 0 Å². The van der Waals surface area contributed by atoms with Gasteiger partial charge < -0.3 is 10.2 Å². The zero-order valence-corrected chi connectivity index (χ0v) is 21.0. The largest absolute Gasteiger partial charge is 0.363 e. The molecule has 0 spiro atoms. The Balaban J connectivity index is 1.34. The highest BCUT2D eigenvalue weighted by Gasteiger charge is 2.30. The van der Waals surface area contributed by atoms with Crippen LogP contribution in [-0.4, -0.2) is 39.4 Å². The fraction of sp³-hybridized carbons (Fsp3) is 0.385. The fourth-order valence-electron chi connectivity index (χ4n) is 4.44. The zero-order chi connectivity index (χ0) is 25.2. The first-order valence-electron chi connectivity index (χ1n) is 11.8. The van der Waals surface area contributed by atoms with Crippen molar-refractivity contribution < 1.29 is 17.6 Å². The quantitative estimate of drug-likeness (QED) is 0.511. The molecule has 1 aromatic heterocycles. The van der Waals surface area contributed by atoms with Gasteiger partial charge in [-0.3, -0.25) is 4.79 Å². The van der Waals surface area contributed by atoms with Crippen molar-refractivity contribution in [2.45, 2.75) is 49.6 Å². The Morgan fingerprint density at radius 1 is 1.03 bits per heavy atom. The van der Waals surface area contributed by atoms with E-state index < -0.39 is 10.0 Å². The topological polar surface area (TPSA) is 91.4 Å². The summed E-state index contributed by atoms with van der Waals surface area (Å²) in [6, 6.07) is 14.3. The van der Waals surface area contributed by atoms with Gasteiger partial charge in [0, 0.05) is 31.4 Å². The smallest absolute Gasteiger partial charge is 0.240 e. The molecule has 0 saturated heterocycles. The van der Waals surface area contributed by atoms with Gasteiger partial charge >= 0.3 is 0 Å². The first kappa shape index (κ1) is 25.1. The highest BCUT2D eigenvalue weighted by Crippen LogP contribution is 2.27. The van der Waals surface area contributed by atoms with Crippen LogP contribution in [0.15, 0.2) is 59.5 Å². The molecule has 1 saturated carbocycles. The second kappa shape index (κ2) is 10.3. The molecule has 4 rings (SSSR count). The van der Waals surface area contributed by atoms with E-state index in [2.05, 4.69) is 15.0 Å². The Labute approximate surface area is 205 Å². The maximum Gasteiger partial charge on any atom is 0.240 e. The number of pyridine rings is 1. The van der Waals surface area contributed by atoms with Crippen molar-refractivity contribution in [1.82, 2.24) is 15.0 Å². The van der Waals surface area contributed by atoms with E-state index in [0.29, 0.717) is 25.7 Å². The molecular formula is C26H31FN4O3S. The van der Waals surface area contributed by atoms with E-state index in [1.807, 2.05) is 38.1 Å². The summed E-state index contributed by atoms with van der Waals surface area (Å²) in [5.41, 5.74) is 1.57. The average molecular weight is 499 g/mol. The molecule has 1 heterocycles. The summed E-state index contributed by atoms with van der Waals surface area (Å²) >= 11 is 0. The molecule has 9 heteroatoms. The number of amides is 1. The minimum Gasteiger partial charge on any atom is -0.363 e. The molecule has 1 aliphatic carbocycles. The van der Waals surface area contributed by atoms with Gasteiger partial charge in [-0.15, -0.1) is 0 Å². The average Bonchev–Trinajstić information content (AvgIpc) is 2.83. The molecule has 2 N–H and O–H groups in total.